The minimum absolute atomic E-state index is 0.113. The molecule has 6 heteroatoms. The molecule has 0 bridgehead atoms. The molecule has 0 saturated carbocycles. The lowest BCUT2D eigenvalue weighted by Crippen LogP contribution is -2.48. The SMILES string of the molecule is O=C(NC1CCN(CC(=O)N2CCCCC2)CC1)c1ccccn1. The first kappa shape index (κ1) is 16.9. The van der Waals surface area contributed by atoms with Crippen molar-refractivity contribution < 1.29 is 9.59 Å². The Morgan fingerprint density at radius 3 is 2.50 bits per heavy atom. The van der Waals surface area contributed by atoms with E-state index in [1.807, 2.05) is 11.0 Å². The number of rotatable bonds is 4. The summed E-state index contributed by atoms with van der Waals surface area (Å²) in [6, 6.07) is 5.51. The minimum atomic E-state index is -0.113. The van der Waals surface area contributed by atoms with Gasteiger partial charge in [0.1, 0.15) is 5.69 Å². The first-order chi connectivity index (χ1) is 11.7. The zero-order valence-electron chi connectivity index (χ0n) is 14.1. The van der Waals surface area contributed by atoms with Gasteiger partial charge in [-0.1, -0.05) is 6.07 Å². The van der Waals surface area contributed by atoms with Gasteiger partial charge in [0.15, 0.2) is 0 Å². The molecule has 0 spiro atoms. The normalized spacial score (nSPS) is 19.9. The number of nitrogens with one attached hydrogen (secondary N) is 1. The first-order valence-corrected chi connectivity index (χ1v) is 8.94. The number of piperidine rings is 2. The number of amides is 2. The molecule has 2 fully saturated rings. The molecular weight excluding hydrogens is 304 g/mol. The van der Waals surface area contributed by atoms with E-state index in [0.717, 1.165) is 51.9 Å². The van der Waals surface area contributed by atoms with Gasteiger partial charge in [-0.15, -0.1) is 0 Å². The fraction of sp³-hybridized carbons (Fsp3) is 0.611. The van der Waals surface area contributed by atoms with Gasteiger partial charge in [0.05, 0.1) is 6.54 Å². The van der Waals surface area contributed by atoms with E-state index in [4.69, 9.17) is 0 Å². The van der Waals surface area contributed by atoms with E-state index in [0.29, 0.717) is 12.2 Å². The van der Waals surface area contributed by atoms with E-state index in [1.54, 1.807) is 18.3 Å². The van der Waals surface area contributed by atoms with Crippen molar-refractivity contribution in [1.82, 2.24) is 20.1 Å². The van der Waals surface area contributed by atoms with Crippen LogP contribution in [0.3, 0.4) is 0 Å². The molecule has 0 aliphatic carbocycles. The van der Waals surface area contributed by atoms with Gasteiger partial charge in [0.2, 0.25) is 5.91 Å². The summed E-state index contributed by atoms with van der Waals surface area (Å²) in [5.74, 6) is 0.143. The Morgan fingerprint density at radius 2 is 1.83 bits per heavy atom. The molecule has 2 saturated heterocycles. The summed E-state index contributed by atoms with van der Waals surface area (Å²) < 4.78 is 0. The summed E-state index contributed by atoms with van der Waals surface area (Å²) in [5, 5.41) is 3.05. The average Bonchev–Trinajstić information content (AvgIpc) is 2.65. The van der Waals surface area contributed by atoms with Crippen molar-refractivity contribution in [2.24, 2.45) is 0 Å². The van der Waals surface area contributed by atoms with Crippen LogP contribution in [0.5, 0.6) is 0 Å². The monoisotopic (exact) mass is 330 g/mol. The fourth-order valence-electron chi connectivity index (χ4n) is 3.43. The highest BCUT2D eigenvalue weighted by atomic mass is 16.2. The smallest absolute Gasteiger partial charge is 0.270 e. The van der Waals surface area contributed by atoms with Crippen LogP contribution in [-0.2, 0) is 4.79 Å². The molecule has 2 amide bonds. The van der Waals surface area contributed by atoms with Crippen LogP contribution in [0.1, 0.15) is 42.6 Å². The average molecular weight is 330 g/mol. The van der Waals surface area contributed by atoms with Crippen molar-refractivity contribution in [2.45, 2.75) is 38.1 Å². The lowest BCUT2D eigenvalue weighted by atomic mass is 10.0. The van der Waals surface area contributed by atoms with Gasteiger partial charge in [-0.3, -0.25) is 19.5 Å². The van der Waals surface area contributed by atoms with E-state index in [1.165, 1.54) is 6.42 Å². The largest absolute Gasteiger partial charge is 0.348 e. The van der Waals surface area contributed by atoms with E-state index < -0.39 is 0 Å². The quantitative estimate of drug-likeness (QED) is 0.903. The molecule has 3 rings (SSSR count). The highest BCUT2D eigenvalue weighted by Crippen LogP contribution is 2.13. The minimum Gasteiger partial charge on any atom is -0.348 e. The van der Waals surface area contributed by atoms with Gasteiger partial charge in [0, 0.05) is 38.4 Å². The molecule has 0 aromatic carbocycles. The lowest BCUT2D eigenvalue weighted by molar-refractivity contribution is -0.133. The van der Waals surface area contributed by atoms with E-state index >= 15 is 0 Å². The van der Waals surface area contributed by atoms with Crippen molar-refractivity contribution in [3.8, 4) is 0 Å². The van der Waals surface area contributed by atoms with Crippen LogP contribution in [0.2, 0.25) is 0 Å². The van der Waals surface area contributed by atoms with Crippen LogP contribution >= 0.6 is 0 Å². The number of nitrogens with zero attached hydrogens (tertiary/aromatic N) is 3. The number of pyridine rings is 1. The maximum atomic E-state index is 12.3. The molecule has 1 aromatic rings. The van der Waals surface area contributed by atoms with E-state index in [9.17, 15) is 9.59 Å². The summed E-state index contributed by atoms with van der Waals surface area (Å²) in [7, 11) is 0. The van der Waals surface area contributed by atoms with Gasteiger partial charge in [-0.05, 0) is 44.2 Å². The Kier molecular flexibility index (Phi) is 5.80. The van der Waals surface area contributed by atoms with E-state index in [-0.39, 0.29) is 17.9 Å². The highest BCUT2D eigenvalue weighted by molar-refractivity contribution is 5.92. The zero-order chi connectivity index (χ0) is 16.8. The Labute approximate surface area is 143 Å². The summed E-state index contributed by atoms with van der Waals surface area (Å²) in [5.41, 5.74) is 0.459. The highest BCUT2D eigenvalue weighted by Gasteiger charge is 2.24. The molecule has 1 aromatic heterocycles. The van der Waals surface area contributed by atoms with Crippen LogP contribution in [-0.4, -0.2) is 65.4 Å². The molecule has 24 heavy (non-hydrogen) atoms. The fourth-order valence-corrected chi connectivity index (χ4v) is 3.43. The van der Waals surface area contributed by atoms with Gasteiger partial charge in [0.25, 0.3) is 5.91 Å². The van der Waals surface area contributed by atoms with Gasteiger partial charge < -0.3 is 10.2 Å². The summed E-state index contributed by atoms with van der Waals surface area (Å²) in [4.78, 5) is 32.7. The summed E-state index contributed by atoms with van der Waals surface area (Å²) >= 11 is 0. The van der Waals surface area contributed by atoms with Gasteiger partial charge in [-0.25, -0.2) is 0 Å². The van der Waals surface area contributed by atoms with Gasteiger partial charge in [-0.2, -0.15) is 0 Å². The third-order valence-electron chi connectivity index (χ3n) is 4.89. The Morgan fingerprint density at radius 1 is 1.08 bits per heavy atom. The van der Waals surface area contributed by atoms with Crippen molar-refractivity contribution in [3.63, 3.8) is 0 Å². The molecule has 130 valence electrons. The number of hydrogen-bond donors (Lipinski definition) is 1. The Bertz CT molecular complexity index is 549. The van der Waals surface area contributed by atoms with Crippen LogP contribution in [0.4, 0.5) is 0 Å². The number of carbonyl (C=O) groups is 2. The number of aromatic nitrogens is 1. The second kappa shape index (κ2) is 8.24. The molecule has 6 nitrogen and oxygen atoms in total. The first-order valence-electron chi connectivity index (χ1n) is 8.94. The third-order valence-corrected chi connectivity index (χ3v) is 4.89. The van der Waals surface area contributed by atoms with Crippen molar-refractivity contribution in [1.29, 1.82) is 0 Å². The summed E-state index contributed by atoms with van der Waals surface area (Å²) in [6.07, 6.45) is 6.90. The van der Waals surface area contributed by atoms with Crippen LogP contribution in [0, 0.1) is 0 Å². The van der Waals surface area contributed by atoms with E-state index in [2.05, 4.69) is 15.2 Å². The topological polar surface area (TPSA) is 65.5 Å². The number of likely N-dealkylation sites (tertiary alicyclic amines) is 2. The molecular formula is C18H26N4O2. The van der Waals surface area contributed by atoms with Crippen LogP contribution in [0.25, 0.3) is 0 Å². The maximum absolute atomic E-state index is 12.3. The maximum Gasteiger partial charge on any atom is 0.270 e. The number of hydrogen-bond acceptors (Lipinski definition) is 4. The molecule has 3 heterocycles. The molecule has 2 aliphatic rings. The second-order valence-electron chi connectivity index (χ2n) is 6.68. The van der Waals surface area contributed by atoms with Gasteiger partial charge >= 0.3 is 0 Å². The molecule has 2 aliphatic heterocycles. The van der Waals surface area contributed by atoms with Crippen molar-refractivity contribution in [2.75, 3.05) is 32.7 Å². The molecule has 1 N–H and O–H groups in total. The standard InChI is InChI=1S/C18H26N4O2/c23-17(22-10-4-1-5-11-22)14-21-12-7-15(8-13-21)20-18(24)16-6-2-3-9-19-16/h2-3,6,9,15H,1,4-5,7-8,10-14H2,(H,20,24). The predicted molar refractivity (Wildman–Crippen MR) is 91.6 cm³/mol. The van der Waals surface area contributed by atoms with Crippen LogP contribution < -0.4 is 5.32 Å². The molecule has 0 atom stereocenters. The molecule has 0 unspecified atom stereocenters. The van der Waals surface area contributed by atoms with Crippen molar-refractivity contribution >= 4 is 11.8 Å². The van der Waals surface area contributed by atoms with Crippen LogP contribution in [0.15, 0.2) is 24.4 Å². The summed E-state index contributed by atoms with van der Waals surface area (Å²) in [6.45, 7) is 4.05. The lowest BCUT2D eigenvalue weighted by Gasteiger charge is -2.34. The second-order valence-corrected chi connectivity index (χ2v) is 6.68. The molecule has 0 radical (unpaired) electrons. The Hall–Kier alpha value is -1.95. The predicted octanol–water partition coefficient (Wildman–Crippen LogP) is 1.29. The zero-order valence-corrected chi connectivity index (χ0v) is 14.1. The number of carbonyl (C=O) groups excluding carboxylic acids is 2. The van der Waals surface area contributed by atoms with Crippen molar-refractivity contribution in [3.05, 3.63) is 30.1 Å². The third kappa shape index (κ3) is 4.54. The Balaban J connectivity index is 1.41.